The van der Waals surface area contributed by atoms with E-state index in [4.69, 9.17) is 5.73 Å². The first-order chi connectivity index (χ1) is 12.6. The molecule has 0 atom stereocenters. The van der Waals surface area contributed by atoms with Gasteiger partial charge >= 0.3 is 0 Å². The third-order valence-electron chi connectivity index (χ3n) is 3.65. The van der Waals surface area contributed by atoms with Gasteiger partial charge in [0.15, 0.2) is 5.13 Å². The summed E-state index contributed by atoms with van der Waals surface area (Å²) in [6.07, 6.45) is 3.06. The lowest BCUT2D eigenvalue weighted by molar-refractivity contribution is 0.0993. The van der Waals surface area contributed by atoms with E-state index in [1.54, 1.807) is 23.7 Å². The molecule has 26 heavy (non-hydrogen) atoms. The summed E-state index contributed by atoms with van der Waals surface area (Å²) >= 11 is 1.27. The third kappa shape index (κ3) is 3.03. The van der Waals surface area contributed by atoms with Crippen LogP contribution in [0.1, 0.15) is 21.0 Å². The number of carbonyl (C=O) groups excluding carboxylic acids is 2. The standard InChI is InChI=1S/C17H12N6O2S/c18-15(24)12-5-9(6-19-12)14-8-26-17(22-14)23-16(25)13-7-20-10-3-1-2-4-11(10)21-13/h1-8,19H,(H2,18,24)(H,22,23,25). The molecule has 0 saturated carbocycles. The molecule has 2 amide bonds. The number of rotatable bonds is 4. The van der Waals surface area contributed by atoms with E-state index in [0.29, 0.717) is 27.6 Å². The highest BCUT2D eigenvalue weighted by molar-refractivity contribution is 7.14. The maximum atomic E-state index is 12.4. The molecule has 3 heterocycles. The van der Waals surface area contributed by atoms with E-state index in [1.807, 2.05) is 18.2 Å². The van der Waals surface area contributed by atoms with Crippen molar-refractivity contribution in [3.05, 3.63) is 59.5 Å². The first kappa shape index (κ1) is 15.9. The van der Waals surface area contributed by atoms with Gasteiger partial charge in [-0.1, -0.05) is 12.1 Å². The fraction of sp³-hybridized carbons (Fsp3) is 0. The molecule has 128 valence electrons. The Labute approximate surface area is 151 Å². The summed E-state index contributed by atoms with van der Waals surface area (Å²) in [7, 11) is 0. The number of aromatic nitrogens is 4. The van der Waals surface area contributed by atoms with Crippen LogP contribution >= 0.6 is 11.3 Å². The molecule has 3 aromatic heterocycles. The van der Waals surface area contributed by atoms with Crippen molar-refractivity contribution < 1.29 is 9.59 Å². The van der Waals surface area contributed by atoms with Crippen molar-refractivity contribution in [2.45, 2.75) is 0 Å². The molecule has 0 aliphatic carbocycles. The molecule has 4 rings (SSSR count). The van der Waals surface area contributed by atoms with Gasteiger partial charge in [-0.2, -0.15) is 0 Å². The van der Waals surface area contributed by atoms with Crippen LogP contribution in [-0.2, 0) is 0 Å². The molecule has 4 aromatic rings. The number of hydrogen-bond acceptors (Lipinski definition) is 6. The zero-order valence-electron chi connectivity index (χ0n) is 13.3. The van der Waals surface area contributed by atoms with Crippen LogP contribution in [0.5, 0.6) is 0 Å². The lowest BCUT2D eigenvalue weighted by Crippen LogP contribution is -2.14. The molecule has 0 spiro atoms. The van der Waals surface area contributed by atoms with E-state index < -0.39 is 11.8 Å². The average molecular weight is 364 g/mol. The number of thiazole rings is 1. The number of primary amides is 1. The Bertz CT molecular complexity index is 1130. The van der Waals surface area contributed by atoms with Gasteiger partial charge in [0.1, 0.15) is 11.4 Å². The number of anilines is 1. The zero-order chi connectivity index (χ0) is 18.1. The Morgan fingerprint density at radius 1 is 1.15 bits per heavy atom. The molecule has 0 aliphatic rings. The largest absolute Gasteiger partial charge is 0.364 e. The van der Waals surface area contributed by atoms with Crippen molar-refractivity contribution in [1.82, 2.24) is 19.9 Å². The highest BCUT2D eigenvalue weighted by Crippen LogP contribution is 2.25. The summed E-state index contributed by atoms with van der Waals surface area (Å²) in [6, 6.07) is 8.93. The number of fused-ring (bicyclic) bond motifs is 1. The van der Waals surface area contributed by atoms with E-state index in [9.17, 15) is 9.59 Å². The van der Waals surface area contributed by atoms with Crippen molar-refractivity contribution in [2.24, 2.45) is 5.73 Å². The molecule has 0 saturated heterocycles. The predicted molar refractivity (Wildman–Crippen MR) is 97.9 cm³/mol. The topological polar surface area (TPSA) is 127 Å². The Kier molecular flexibility index (Phi) is 3.90. The second-order valence-corrected chi connectivity index (χ2v) is 6.26. The van der Waals surface area contributed by atoms with Crippen LogP contribution in [0.15, 0.2) is 48.1 Å². The molecule has 8 nitrogen and oxygen atoms in total. The molecular formula is C17H12N6O2S. The van der Waals surface area contributed by atoms with E-state index in [1.165, 1.54) is 17.5 Å². The van der Waals surface area contributed by atoms with Crippen molar-refractivity contribution >= 4 is 39.3 Å². The molecule has 0 radical (unpaired) electrons. The van der Waals surface area contributed by atoms with Crippen LogP contribution < -0.4 is 11.1 Å². The van der Waals surface area contributed by atoms with Gasteiger partial charge in [-0.25, -0.2) is 9.97 Å². The number of H-pyrrole nitrogens is 1. The fourth-order valence-electron chi connectivity index (χ4n) is 2.38. The number of nitrogens with two attached hydrogens (primary N) is 1. The number of amides is 2. The second kappa shape index (κ2) is 6.37. The summed E-state index contributed by atoms with van der Waals surface area (Å²) in [4.78, 5) is 39.2. The number of nitrogens with zero attached hydrogens (tertiary/aromatic N) is 3. The zero-order valence-corrected chi connectivity index (χ0v) is 14.1. The quantitative estimate of drug-likeness (QED) is 0.512. The van der Waals surface area contributed by atoms with Gasteiger partial charge in [-0.15, -0.1) is 11.3 Å². The highest BCUT2D eigenvalue weighted by atomic mass is 32.1. The minimum absolute atomic E-state index is 0.207. The third-order valence-corrected chi connectivity index (χ3v) is 4.41. The number of nitrogens with one attached hydrogen (secondary N) is 2. The molecule has 9 heteroatoms. The van der Waals surface area contributed by atoms with Crippen LogP contribution in [0.4, 0.5) is 5.13 Å². The first-order valence-electron chi connectivity index (χ1n) is 7.57. The summed E-state index contributed by atoms with van der Waals surface area (Å²) in [5.74, 6) is -0.939. The van der Waals surface area contributed by atoms with Crippen molar-refractivity contribution in [3.63, 3.8) is 0 Å². The highest BCUT2D eigenvalue weighted by Gasteiger charge is 2.13. The lowest BCUT2D eigenvalue weighted by atomic mass is 10.2. The molecule has 0 aliphatic heterocycles. The Hall–Kier alpha value is -3.59. The number of hydrogen-bond donors (Lipinski definition) is 3. The van der Waals surface area contributed by atoms with Gasteiger partial charge in [0.05, 0.1) is 22.9 Å². The van der Waals surface area contributed by atoms with E-state index in [0.717, 1.165) is 5.52 Å². The van der Waals surface area contributed by atoms with Gasteiger partial charge in [0.2, 0.25) is 0 Å². The minimum atomic E-state index is -0.546. The van der Waals surface area contributed by atoms with Crippen molar-refractivity contribution in [1.29, 1.82) is 0 Å². The Balaban J connectivity index is 1.54. The Morgan fingerprint density at radius 2 is 1.96 bits per heavy atom. The summed E-state index contributed by atoms with van der Waals surface area (Å²) in [5, 5.41) is 4.90. The SMILES string of the molecule is NC(=O)c1cc(-c2csc(NC(=O)c3cnc4ccccc4n3)n2)c[nH]1. The lowest BCUT2D eigenvalue weighted by Gasteiger charge is -2.02. The van der Waals surface area contributed by atoms with Crippen LogP contribution in [0.25, 0.3) is 22.3 Å². The van der Waals surface area contributed by atoms with Gasteiger partial charge < -0.3 is 10.7 Å². The monoisotopic (exact) mass is 364 g/mol. The van der Waals surface area contributed by atoms with Crippen molar-refractivity contribution in [3.8, 4) is 11.3 Å². The van der Waals surface area contributed by atoms with Crippen LogP contribution in [0.2, 0.25) is 0 Å². The van der Waals surface area contributed by atoms with E-state index in [-0.39, 0.29) is 5.69 Å². The molecule has 0 unspecified atom stereocenters. The van der Waals surface area contributed by atoms with Crippen LogP contribution in [0.3, 0.4) is 0 Å². The van der Waals surface area contributed by atoms with Gasteiger partial charge in [0, 0.05) is 17.1 Å². The Morgan fingerprint density at radius 3 is 2.73 bits per heavy atom. The summed E-state index contributed by atoms with van der Waals surface area (Å²) < 4.78 is 0. The fourth-order valence-corrected chi connectivity index (χ4v) is 3.09. The second-order valence-electron chi connectivity index (χ2n) is 5.40. The number of aromatic amines is 1. The molecule has 1 aromatic carbocycles. The maximum absolute atomic E-state index is 12.4. The van der Waals surface area contributed by atoms with Crippen LogP contribution in [0, 0.1) is 0 Å². The van der Waals surface area contributed by atoms with Gasteiger partial charge in [-0.3, -0.25) is 19.9 Å². The first-order valence-corrected chi connectivity index (χ1v) is 8.45. The van der Waals surface area contributed by atoms with Crippen molar-refractivity contribution in [2.75, 3.05) is 5.32 Å². The molecule has 0 fully saturated rings. The average Bonchev–Trinajstić information content (AvgIpc) is 3.30. The van der Waals surface area contributed by atoms with Crippen LogP contribution in [-0.4, -0.2) is 31.8 Å². The summed E-state index contributed by atoms with van der Waals surface area (Å²) in [5.41, 5.74) is 8.42. The number of para-hydroxylation sites is 2. The van der Waals surface area contributed by atoms with E-state index >= 15 is 0 Å². The smallest absolute Gasteiger partial charge is 0.277 e. The molecule has 0 bridgehead atoms. The van der Waals surface area contributed by atoms with E-state index in [2.05, 4.69) is 25.3 Å². The molecular weight excluding hydrogens is 352 g/mol. The van der Waals surface area contributed by atoms with Gasteiger partial charge in [-0.05, 0) is 18.2 Å². The van der Waals surface area contributed by atoms with Gasteiger partial charge in [0.25, 0.3) is 11.8 Å². The number of benzene rings is 1. The number of carbonyl (C=O) groups is 2. The minimum Gasteiger partial charge on any atom is -0.364 e. The molecule has 4 N–H and O–H groups in total. The normalized spacial score (nSPS) is 10.8. The predicted octanol–water partition coefficient (Wildman–Crippen LogP) is 2.43. The summed E-state index contributed by atoms with van der Waals surface area (Å²) in [6.45, 7) is 0. The maximum Gasteiger partial charge on any atom is 0.277 e.